The number of benzene rings is 2. The minimum Gasteiger partial charge on any atom is -0.379 e. The number of amides is 2. The summed E-state index contributed by atoms with van der Waals surface area (Å²) in [4.78, 5) is 31.9. The lowest BCUT2D eigenvalue weighted by Crippen LogP contribution is -2.57. The third-order valence-corrected chi connectivity index (χ3v) is 9.29. The van der Waals surface area contributed by atoms with Crippen molar-refractivity contribution in [2.45, 2.75) is 49.7 Å². The van der Waals surface area contributed by atoms with Crippen molar-refractivity contribution in [2.75, 3.05) is 32.8 Å². The molecule has 2 aliphatic heterocycles. The minimum absolute atomic E-state index is 0.214. The van der Waals surface area contributed by atoms with Crippen molar-refractivity contribution in [2.24, 2.45) is 5.73 Å². The van der Waals surface area contributed by atoms with Gasteiger partial charge in [0.25, 0.3) is 0 Å². The predicted octanol–water partition coefficient (Wildman–Crippen LogP) is 1.54. The van der Waals surface area contributed by atoms with Crippen LogP contribution >= 0.6 is 0 Å². The van der Waals surface area contributed by atoms with Crippen LogP contribution in [0.2, 0.25) is 0 Å². The highest BCUT2D eigenvalue weighted by Gasteiger charge is 2.33. The second-order valence-electron chi connectivity index (χ2n) is 10.8. The Morgan fingerprint density at radius 2 is 1.85 bits per heavy atom. The van der Waals surface area contributed by atoms with Gasteiger partial charge in [-0.05, 0) is 55.2 Å². The number of carbonyl (C=O) groups excluding carboxylic acids is 2. The highest BCUT2D eigenvalue weighted by Crippen LogP contribution is 2.26. The van der Waals surface area contributed by atoms with E-state index in [1.807, 2.05) is 36.5 Å². The van der Waals surface area contributed by atoms with E-state index in [-0.39, 0.29) is 17.3 Å². The molecule has 0 aliphatic carbocycles. The van der Waals surface area contributed by atoms with Gasteiger partial charge >= 0.3 is 0 Å². The zero-order chi connectivity index (χ0) is 27.8. The Balaban J connectivity index is 1.39. The zero-order valence-corrected chi connectivity index (χ0v) is 23.1. The lowest BCUT2D eigenvalue weighted by Gasteiger charge is -2.33. The van der Waals surface area contributed by atoms with Crippen molar-refractivity contribution >= 4 is 32.7 Å². The smallest absolute Gasteiger partial charge is 0.245 e. The number of aromatic nitrogens is 1. The number of nitrogens with two attached hydrogens (primary N) is 1. The number of fused-ring (bicyclic) bond motifs is 2. The first-order valence-electron chi connectivity index (χ1n) is 13.2. The molecule has 1 fully saturated rings. The van der Waals surface area contributed by atoms with E-state index in [0.29, 0.717) is 45.7 Å². The van der Waals surface area contributed by atoms with Crippen LogP contribution in [0.25, 0.3) is 10.9 Å². The van der Waals surface area contributed by atoms with Crippen molar-refractivity contribution in [3.05, 3.63) is 65.4 Å². The second-order valence-corrected chi connectivity index (χ2v) is 12.7. The molecule has 0 bridgehead atoms. The molecule has 0 spiro atoms. The number of nitrogens with one attached hydrogen (secondary N) is 2. The summed E-state index contributed by atoms with van der Waals surface area (Å²) in [6.45, 7) is 5.30. The van der Waals surface area contributed by atoms with Crippen molar-refractivity contribution in [3.63, 3.8) is 0 Å². The summed E-state index contributed by atoms with van der Waals surface area (Å²) >= 11 is 0. The van der Waals surface area contributed by atoms with Crippen molar-refractivity contribution in [1.29, 1.82) is 0 Å². The van der Waals surface area contributed by atoms with E-state index in [2.05, 4.69) is 10.3 Å². The Morgan fingerprint density at radius 1 is 1.10 bits per heavy atom. The second kappa shape index (κ2) is 10.7. The lowest BCUT2D eigenvalue weighted by molar-refractivity contribution is -0.138. The summed E-state index contributed by atoms with van der Waals surface area (Å²) in [6, 6.07) is 12.1. The normalized spacial score (nSPS) is 17.6. The first-order valence-corrected chi connectivity index (χ1v) is 14.6. The van der Waals surface area contributed by atoms with Gasteiger partial charge in [0.2, 0.25) is 21.8 Å². The minimum atomic E-state index is -3.66. The molecule has 1 atom stereocenters. The predicted molar refractivity (Wildman–Crippen MR) is 147 cm³/mol. The number of nitrogens with zero attached hydrogens (tertiary/aromatic N) is 2. The quantitative estimate of drug-likeness (QED) is 0.406. The Labute approximate surface area is 228 Å². The van der Waals surface area contributed by atoms with Crippen LogP contribution in [0.5, 0.6) is 0 Å². The monoisotopic (exact) mass is 553 g/mol. The molecule has 3 aromatic rings. The summed E-state index contributed by atoms with van der Waals surface area (Å²) < 4.78 is 33.2. The molecule has 39 heavy (non-hydrogen) atoms. The highest BCUT2D eigenvalue weighted by molar-refractivity contribution is 7.89. The summed E-state index contributed by atoms with van der Waals surface area (Å²) in [5.41, 5.74) is 8.55. The average Bonchev–Trinajstić information content (AvgIpc) is 3.34. The van der Waals surface area contributed by atoms with Crippen molar-refractivity contribution in [3.8, 4) is 0 Å². The van der Waals surface area contributed by atoms with Crippen LogP contribution in [0.3, 0.4) is 0 Å². The van der Waals surface area contributed by atoms with E-state index in [0.717, 1.165) is 27.6 Å². The standard InChI is InChI=1S/C28H35N5O5S/c1-28(2,29)27(35)31-25(16-20-17-30-24-6-4-3-5-23(20)24)26(34)32-10-9-19-7-8-22(15-21(19)18-32)39(36,37)33-11-13-38-14-12-33/h3-8,15,17,25,30H,9-14,16,18,29H2,1-2H3,(H,31,35)/t25-/m1/s1. The molecule has 1 saturated heterocycles. The van der Waals surface area contributed by atoms with Gasteiger partial charge in [0.05, 0.1) is 23.6 Å². The van der Waals surface area contributed by atoms with Gasteiger partial charge in [0, 0.05) is 49.7 Å². The molecule has 2 aromatic carbocycles. The van der Waals surface area contributed by atoms with Gasteiger partial charge < -0.3 is 25.7 Å². The number of morpholine rings is 1. The van der Waals surface area contributed by atoms with E-state index < -0.39 is 27.5 Å². The number of carbonyl (C=O) groups is 2. The summed E-state index contributed by atoms with van der Waals surface area (Å²) in [5, 5.41) is 3.86. The number of hydrogen-bond acceptors (Lipinski definition) is 6. The molecule has 0 unspecified atom stereocenters. The average molecular weight is 554 g/mol. The Kier molecular flexibility index (Phi) is 7.51. The number of aromatic amines is 1. The molecule has 2 aliphatic rings. The maximum Gasteiger partial charge on any atom is 0.245 e. The maximum absolute atomic E-state index is 13.9. The molecule has 1 aromatic heterocycles. The van der Waals surface area contributed by atoms with E-state index in [1.54, 1.807) is 30.9 Å². The molecule has 3 heterocycles. The lowest BCUT2D eigenvalue weighted by atomic mass is 9.97. The Bertz CT molecular complexity index is 1490. The van der Waals surface area contributed by atoms with Gasteiger partial charge in [-0.25, -0.2) is 8.42 Å². The van der Waals surface area contributed by atoms with E-state index in [9.17, 15) is 18.0 Å². The molecule has 5 rings (SSSR count). The van der Waals surface area contributed by atoms with Crippen LogP contribution in [0, 0.1) is 0 Å². The number of sulfonamides is 1. The van der Waals surface area contributed by atoms with E-state index in [1.165, 1.54) is 4.31 Å². The molecule has 0 saturated carbocycles. The first kappa shape index (κ1) is 27.3. The fourth-order valence-corrected chi connectivity index (χ4v) is 6.56. The molecule has 208 valence electrons. The third kappa shape index (κ3) is 5.72. The topological polar surface area (TPSA) is 138 Å². The number of hydrogen-bond donors (Lipinski definition) is 3. The molecule has 0 radical (unpaired) electrons. The van der Waals surface area contributed by atoms with Crippen LogP contribution in [0.4, 0.5) is 0 Å². The summed E-state index contributed by atoms with van der Waals surface area (Å²) in [6.07, 6.45) is 2.74. The van der Waals surface area contributed by atoms with E-state index >= 15 is 0 Å². The van der Waals surface area contributed by atoms with Gasteiger partial charge in [-0.3, -0.25) is 9.59 Å². The van der Waals surface area contributed by atoms with Gasteiger partial charge in [-0.1, -0.05) is 24.3 Å². The number of para-hydroxylation sites is 1. The molecule has 2 amide bonds. The van der Waals surface area contributed by atoms with Crippen LogP contribution in [-0.2, 0) is 43.7 Å². The van der Waals surface area contributed by atoms with Gasteiger partial charge in [-0.15, -0.1) is 0 Å². The van der Waals surface area contributed by atoms with Crippen LogP contribution in [0.15, 0.2) is 53.6 Å². The zero-order valence-electron chi connectivity index (χ0n) is 22.3. The van der Waals surface area contributed by atoms with Gasteiger partial charge in [-0.2, -0.15) is 4.31 Å². The number of ether oxygens (including phenoxy) is 1. The fourth-order valence-electron chi connectivity index (χ4n) is 5.10. The Hall–Kier alpha value is -3.25. The van der Waals surface area contributed by atoms with Crippen molar-refractivity contribution in [1.82, 2.24) is 19.5 Å². The fraction of sp³-hybridized carbons (Fsp3) is 0.429. The number of rotatable bonds is 7. The van der Waals surface area contributed by atoms with Crippen LogP contribution in [0.1, 0.15) is 30.5 Å². The highest BCUT2D eigenvalue weighted by atomic mass is 32.2. The van der Waals surface area contributed by atoms with Gasteiger partial charge in [0.15, 0.2) is 0 Å². The molecular weight excluding hydrogens is 518 g/mol. The largest absolute Gasteiger partial charge is 0.379 e. The summed E-state index contributed by atoms with van der Waals surface area (Å²) in [7, 11) is -3.66. The summed E-state index contributed by atoms with van der Waals surface area (Å²) in [5.74, 6) is -0.651. The number of H-pyrrole nitrogens is 1. The van der Waals surface area contributed by atoms with Crippen LogP contribution < -0.4 is 11.1 Å². The van der Waals surface area contributed by atoms with Crippen molar-refractivity contribution < 1.29 is 22.7 Å². The van der Waals surface area contributed by atoms with Gasteiger partial charge in [0.1, 0.15) is 6.04 Å². The first-order chi connectivity index (χ1) is 18.5. The molecule has 10 nitrogen and oxygen atoms in total. The molecule has 11 heteroatoms. The Morgan fingerprint density at radius 3 is 2.59 bits per heavy atom. The van der Waals surface area contributed by atoms with E-state index in [4.69, 9.17) is 10.5 Å². The SMILES string of the molecule is CC(C)(N)C(=O)N[C@H](Cc1c[nH]c2ccccc12)C(=O)N1CCc2ccc(S(=O)(=O)N3CCOCC3)cc2C1. The van der Waals surface area contributed by atoms with Crippen LogP contribution in [-0.4, -0.2) is 78.9 Å². The molecule has 4 N–H and O–H groups in total. The third-order valence-electron chi connectivity index (χ3n) is 7.40. The molecular formula is C28H35N5O5S. The maximum atomic E-state index is 13.9.